The van der Waals surface area contributed by atoms with Crippen molar-refractivity contribution in [2.45, 2.75) is 13.8 Å². The molecule has 0 radical (unpaired) electrons. The lowest BCUT2D eigenvalue weighted by Crippen LogP contribution is -2.03. The third kappa shape index (κ3) is 3.70. The van der Waals surface area contributed by atoms with Gasteiger partial charge in [-0.15, -0.1) is 11.3 Å². The van der Waals surface area contributed by atoms with Gasteiger partial charge in [0.1, 0.15) is 21.7 Å². The number of phenols is 1. The highest BCUT2D eigenvalue weighted by atomic mass is 35.5. The van der Waals surface area contributed by atoms with E-state index in [4.69, 9.17) is 27.9 Å². The molecule has 0 saturated carbocycles. The first kappa shape index (κ1) is 18.3. The van der Waals surface area contributed by atoms with E-state index in [9.17, 15) is 15.2 Å². The van der Waals surface area contributed by atoms with Gasteiger partial charge in [-0.2, -0.15) is 5.26 Å². The predicted octanol–water partition coefficient (Wildman–Crippen LogP) is 4.87. The number of aromatic hydroxyl groups is 1. The summed E-state index contributed by atoms with van der Waals surface area (Å²) in [5, 5.41) is 20.0. The minimum Gasteiger partial charge on any atom is -0.506 e. The van der Waals surface area contributed by atoms with Crippen molar-refractivity contribution in [2.75, 3.05) is 6.61 Å². The molecule has 0 atom stereocenters. The Kier molecular flexibility index (Phi) is 5.84. The van der Waals surface area contributed by atoms with Gasteiger partial charge in [-0.1, -0.05) is 23.2 Å². The number of nitriles is 1. The lowest BCUT2D eigenvalue weighted by molar-refractivity contribution is 0.0531. The van der Waals surface area contributed by atoms with E-state index in [1.807, 2.05) is 6.07 Å². The van der Waals surface area contributed by atoms with Crippen LogP contribution in [0.15, 0.2) is 17.1 Å². The molecule has 1 aromatic carbocycles. The Morgan fingerprint density at radius 1 is 1.50 bits per heavy atom. The monoisotopic (exact) mass is 382 g/mol. The second-order valence-electron chi connectivity index (χ2n) is 4.65. The number of esters is 1. The predicted molar refractivity (Wildman–Crippen MR) is 95.1 cm³/mol. The van der Waals surface area contributed by atoms with Gasteiger partial charge in [0.05, 0.1) is 17.2 Å². The summed E-state index contributed by atoms with van der Waals surface area (Å²) in [7, 11) is 0. The fraction of sp³-hybridized carbons (Fsp3) is 0.188. The van der Waals surface area contributed by atoms with E-state index in [1.165, 1.54) is 18.3 Å². The van der Waals surface area contributed by atoms with Crippen LogP contribution in [0.25, 0.3) is 0 Å². The minimum absolute atomic E-state index is 0.0963. The van der Waals surface area contributed by atoms with E-state index in [2.05, 4.69) is 4.99 Å². The molecule has 0 saturated heterocycles. The van der Waals surface area contributed by atoms with Gasteiger partial charge in [0.25, 0.3) is 0 Å². The van der Waals surface area contributed by atoms with Crippen molar-refractivity contribution in [3.63, 3.8) is 0 Å². The van der Waals surface area contributed by atoms with E-state index in [0.29, 0.717) is 26.0 Å². The van der Waals surface area contributed by atoms with Gasteiger partial charge < -0.3 is 9.84 Å². The van der Waals surface area contributed by atoms with Crippen LogP contribution in [0.1, 0.15) is 33.3 Å². The fourth-order valence-electron chi connectivity index (χ4n) is 1.92. The number of rotatable bonds is 4. The Hall–Kier alpha value is -2.07. The highest BCUT2D eigenvalue weighted by Gasteiger charge is 2.20. The molecule has 1 aromatic heterocycles. The summed E-state index contributed by atoms with van der Waals surface area (Å²) < 4.78 is 4.97. The van der Waals surface area contributed by atoms with Crippen LogP contribution in [-0.2, 0) is 4.74 Å². The number of hydrogen-bond acceptors (Lipinski definition) is 6. The Morgan fingerprint density at radius 3 is 2.83 bits per heavy atom. The maximum absolute atomic E-state index is 11.9. The zero-order valence-electron chi connectivity index (χ0n) is 12.8. The number of phenolic OH excluding ortho intramolecular Hbond substituents is 1. The molecule has 0 aliphatic heterocycles. The third-order valence-electron chi connectivity index (χ3n) is 3.08. The molecule has 0 fully saturated rings. The van der Waals surface area contributed by atoms with Crippen LogP contribution in [-0.4, -0.2) is 23.9 Å². The Bertz CT molecular complexity index is 869. The molecule has 5 nitrogen and oxygen atoms in total. The number of thiophene rings is 1. The molecule has 0 amide bonds. The summed E-state index contributed by atoms with van der Waals surface area (Å²) in [6.45, 7) is 3.61. The van der Waals surface area contributed by atoms with Gasteiger partial charge in [-0.05, 0) is 31.5 Å². The van der Waals surface area contributed by atoms with Crippen molar-refractivity contribution in [1.29, 1.82) is 5.26 Å². The molecular weight excluding hydrogens is 371 g/mol. The first-order chi connectivity index (χ1) is 11.4. The number of halogens is 2. The Balaban J connectivity index is 2.45. The molecule has 0 aliphatic rings. The SMILES string of the molecule is CCOC(=O)c1sc(N=Cc2cc(Cl)cc(Cl)c2O)c(C#N)c1C. The first-order valence-corrected chi connectivity index (χ1v) is 8.39. The number of ether oxygens (including phenoxy) is 1. The lowest BCUT2D eigenvalue weighted by atomic mass is 10.2. The van der Waals surface area contributed by atoms with Crippen LogP contribution < -0.4 is 0 Å². The second-order valence-corrected chi connectivity index (χ2v) is 6.49. The number of nitrogens with zero attached hydrogens (tertiary/aromatic N) is 2. The van der Waals surface area contributed by atoms with Crippen molar-refractivity contribution >= 4 is 51.7 Å². The molecule has 24 heavy (non-hydrogen) atoms. The van der Waals surface area contributed by atoms with Crippen LogP contribution in [0.3, 0.4) is 0 Å². The van der Waals surface area contributed by atoms with Gasteiger partial charge in [-0.3, -0.25) is 0 Å². The summed E-state index contributed by atoms with van der Waals surface area (Å²) in [6, 6.07) is 4.93. The second kappa shape index (κ2) is 7.67. The number of benzene rings is 1. The zero-order chi connectivity index (χ0) is 17.9. The maximum Gasteiger partial charge on any atom is 0.348 e. The fourth-order valence-corrected chi connectivity index (χ4v) is 3.43. The van der Waals surface area contributed by atoms with Crippen molar-refractivity contribution < 1.29 is 14.6 Å². The molecule has 1 N–H and O–H groups in total. The van der Waals surface area contributed by atoms with Gasteiger partial charge in [-0.25, -0.2) is 9.79 Å². The molecule has 124 valence electrons. The summed E-state index contributed by atoms with van der Waals surface area (Å²) >= 11 is 12.8. The summed E-state index contributed by atoms with van der Waals surface area (Å²) in [5.41, 5.74) is 1.11. The number of aliphatic imine (C=N–C) groups is 1. The highest BCUT2D eigenvalue weighted by Crippen LogP contribution is 2.36. The summed E-state index contributed by atoms with van der Waals surface area (Å²) in [4.78, 5) is 16.4. The van der Waals surface area contributed by atoms with Crippen molar-refractivity contribution in [3.8, 4) is 11.8 Å². The molecule has 0 bridgehead atoms. The summed E-state index contributed by atoms with van der Waals surface area (Å²) in [6.07, 6.45) is 1.34. The van der Waals surface area contributed by atoms with Crippen LogP contribution >= 0.6 is 34.5 Å². The van der Waals surface area contributed by atoms with Crippen LogP contribution in [0.5, 0.6) is 5.75 Å². The van der Waals surface area contributed by atoms with Crippen molar-refractivity contribution in [1.82, 2.24) is 0 Å². The molecule has 0 unspecified atom stereocenters. The van der Waals surface area contributed by atoms with Gasteiger partial charge in [0.15, 0.2) is 0 Å². The minimum atomic E-state index is -0.494. The molecule has 8 heteroatoms. The largest absolute Gasteiger partial charge is 0.506 e. The molecule has 2 aromatic rings. The van der Waals surface area contributed by atoms with Gasteiger partial charge in [0.2, 0.25) is 0 Å². The van der Waals surface area contributed by atoms with E-state index in [0.717, 1.165) is 11.3 Å². The van der Waals surface area contributed by atoms with E-state index in [1.54, 1.807) is 13.8 Å². The maximum atomic E-state index is 11.9. The van der Waals surface area contributed by atoms with Crippen LogP contribution in [0.2, 0.25) is 10.0 Å². The van der Waals surface area contributed by atoms with Crippen molar-refractivity contribution in [2.24, 2.45) is 4.99 Å². The number of carbonyl (C=O) groups excluding carboxylic acids is 1. The van der Waals surface area contributed by atoms with Gasteiger partial charge in [0, 0.05) is 16.8 Å². The quantitative estimate of drug-likeness (QED) is 0.603. The summed E-state index contributed by atoms with van der Waals surface area (Å²) in [5.74, 6) is -0.659. The Morgan fingerprint density at radius 2 is 2.21 bits per heavy atom. The topological polar surface area (TPSA) is 82.7 Å². The normalized spacial score (nSPS) is 10.8. The molecular formula is C16H12Cl2N2O3S. The van der Waals surface area contributed by atoms with Gasteiger partial charge >= 0.3 is 5.97 Å². The smallest absolute Gasteiger partial charge is 0.348 e. The number of carbonyl (C=O) groups is 1. The van der Waals surface area contributed by atoms with E-state index < -0.39 is 5.97 Å². The van der Waals surface area contributed by atoms with Crippen molar-refractivity contribution in [3.05, 3.63) is 43.7 Å². The molecule has 2 rings (SSSR count). The van der Waals surface area contributed by atoms with Crippen LogP contribution in [0, 0.1) is 18.3 Å². The highest BCUT2D eigenvalue weighted by molar-refractivity contribution is 7.18. The molecule has 1 heterocycles. The zero-order valence-corrected chi connectivity index (χ0v) is 15.1. The molecule has 0 spiro atoms. The average Bonchev–Trinajstić information content (AvgIpc) is 2.85. The molecule has 0 aliphatic carbocycles. The van der Waals surface area contributed by atoms with Crippen LogP contribution in [0.4, 0.5) is 5.00 Å². The third-order valence-corrected chi connectivity index (χ3v) is 4.77. The number of hydrogen-bond donors (Lipinski definition) is 1. The standard InChI is InChI=1S/C16H12Cl2N2O3S/c1-3-23-16(22)14-8(2)11(6-19)15(24-14)20-7-9-4-10(17)5-12(18)13(9)21/h4-5,7,21H,3H2,1-2H3. The average molecular weight is 383 g/mol. The first-order valence-electron chi connectivity index (χ1n) is 6.81. The lowest BCUT2D eigenvalue weighted by Gasteiger charge is -2.01. The Labute approximate surface area is 152 Å². The van der Waals surface area contributed by atoms with E-state index in [-0.39, 0.29) is 22.9 Å². The van der Waals surface area contributed by atoms with E-state index >= 15 is 0 Å².